The topological polar surface area (TPSA) is 58.6 Å². The van der Waals surface area contributed by atoms with Crippen molar-refractivity contribution in [1.29, 1.82) is 0 Å². The summed E-state index contributed by atoms with van der Waals surface area (Å²) in [6.45, 7) is 1.88. The fourth-order valence-corrected chi connectivity index (χ4v) is 3.19. The van der Waals surface area contributed by atoms with Crippen LogP contribution < -0.4 is 0 Å². The fourth-order valence-electron chi connectivity index (χ4n) is 1.93. The molecular weight excluding hydrogens is 294 g/mol. The number of benzene rings is 1. The summed E-state index contributed by atoms with van der Waals surface area (Å²) in [6.07, 6.45) is 1.63. The van der Waals surface area contributed by atoms with E-state index in [1.807, 2.05) is 31.2 Å². The van der Waals surface area contributed by atoms with Crippen molar-refractivity contribution >= 4 is 33.4 Å². The molecule has 6 heteroatoms. The zero-order valence-electron chi connectivity index (χ0n) is 10.8. The van der Waals surface area contributed by atoms with Gasteiger partial charge in [0.05, 0.1) is 33.3 Å². The second-order valence-corrected chi connectivity index (χ2v) is 6.19. The Labute approximate surface area is 123 Å². The van der Waals surface area contributed by atoms with Crippen molar-refractivity contribution in [2.45, 2.75) is 17.8 Å². The number of hydrogen-bond donors (Lipinski definition) is 1. The number of para-hydroxylation sites is 2. The molecule has 2 aromatic heterocycles. The van der Waals surface area contributed by atoms with E-state index in [0.717, 1.165) is 22.3 Å². The maximum absolute atomic E-state index is 12.4. The molecule has 3 rings (SSSR count). The van der Waals surface area contributed by atoms with Gasteiger partial charge >= 0.3 is 0 Å². The minimum atomic E-state index is -1.27. The van der Waals surface area contributed by atoms with E-state index in [9.17, 15) is 4.21 Å². The molecule has 102 valence electrons. The van der Waals surface area contributed by atoms with Crippen LogP contribution >= 0.6 is 11.6 Å². The molecule has 3 aromatic rings. The maximum atomic E-state index is 12.4. The predicted octanol–water partition coefficient (Wildman–Crippen LogP) is 3.23. The average molecular weight is 306 g/mol. The van der Waals surface area contributed by atoms with Crippen LogP contribution in [0, 0.1) is 6.92 Å². The number of aromatic nitrogens is 3. The van der Waals surface area contributed by atoms with Gasteiger partial charge < -0.3 is 4.98 Å². The molecule has 2 heterocycles. The first-order valence-corrected chi connectivity index (χ1v) is 7.78. The van der Waals surface area contributed by atoms with Gasteiger partial charge in [-0.25, -0.2) is 4.98 Å². The van der Waals surface area contributed by atoms with Crippen LogP contribution in [0.5, 0.6) is 0 Å². The van der Waals surface area contributed by atoms with Gasteiger partial charge in [-0.1, -0.05) is 23.7 Å². The number of H-pyrrole nitrogens is 1. The van der Waals surface area contributed by atoms with Gasteiger partial charge in [0.1, 0.15) is 0 Å². The number of nitrogens with one attached hydrogen (secondary N) is 1. The van der Waals surface area contributed by atoms with Crippen molar-refractivity contribution in [3.8, 4) is 0 Å². The number of hydrogen-bond acceptors (Lipinski definition) is 3. The number of imidazole rings is 1. The molecule has 0 spiro atoms. The van der Waals surface area contributed by atoms with Crippen LogP contribution in [-0.4, -0.2) is 19.2 Å². The number of aromatic amines is 1. The molecule has 4 nitrogen and oxygen atoms in total. The van der Waals surface area contributed by atoms with Crippen LogP contribution in [-0.2, 0) is 16.6 Å². The Morgan fingerprint density at radius 2 is 2.10 bits per heavy atom. The molecule has 20 heavy (non-hydrogen) atoms. The van der Waals surface area contributed by atoms with Gasteiger partial charge in [-0.05, 0) is 30.7 Å². The van der Waals surface area contributed by atoms with E-state index < -0.39 is 10.8 Å². The van der Waals surface area contributed by atoms with Crippen molar-refractivity contribution in [2.75, 3.05) is 0 Å². The summed E-state index contributed by atoms with van der Waals surface area (Å²) in [5.41, 5.74) is 3.29. The standard InChI is InChI=1S/C14H12ClN3OS/c1-9-10(15)6-7-16-13(9)8-20(19)14-17-11-4-2-3-5-12(11)18-14/h2-7H,8H2,1H3,(H,17,18)/t20-/m1/s1. The highest BCUT2D eigenvalue weighted by molar-refractivity contribution is 7.84. The van der Waals surface area contributed by atoms with Gasteiger partial charge in [-0.2, -0.15) is 0 Å². The Hall–Kier alpha value is -1.72. The first kappa shape index (κ1) is 13.3. The van der Waals surface area contributed by atoms with Crippen molar-refractivity contribution in [3.05, 3.63) is 52.8 Å². The summed E-state index contributed by atoms with van der Waals surface area (Å²) in [5, 5.41) is 1.10. The van der Waals surface area contributed by atoms with E-state index in [0.29, 0.717) is 15.9 Å². The zero-order valence-corrected chi connectivity index (χ0v) is 12.3. The van der Waals surface area contributed by atoms with Crippen LogP contribution in [0.25, 0.3) is 11.0 Å². The highest BCUT2D eigenvalue weighted by Gasteiger charge is 2.13. The molecule has 0 aliphatic heterocycles. The Morgan fingerprint density at radius 1 is 1.30 bits per heavy atom. The Morgan fingerprint density at radius 3 is 2.90 bits per heavy atom. The van der Waals surface area contributed by atoms with E-state index in [1.165, 1.54) is 0 Å². The molecule has 0 saturated carbocycles. The normalized spacial score (nSPS) is 12.7. The Bertz CT molecular complexity index is 767. The van der Waals surface area contributed by atoms with Crippen LogP contribution in [0.4, 0.5) is 0 Å². The highest BCUT2D eigenvalue weighted by atomic mass is 35.5. The minimum Gasteiger partial charge on any atom is -0.331 e. The number of nitrogens with zero attached hydrogens (tertiary/aromatic N) is 2. The Balaban J connectivity index is 1.91. The van der Waals surface area contributed by atoms with E-state index in [4.69, 9.17) is 11.6 Å². The van der Waals surface area contributed by atoms with Gasteiger partial charge in [0.2, 0.25) is 0 Å². The minimum absolute atomic E-state index is 0.298. The summed E-state index contributed by atoms with van der Waals surface area (Å²) in [4.78, 5) is 11.7. The smallest absolute Gasteiger partial charge is 0.197 e. The van der Waals surface area contributed by atoms with Crippen molar-refractivity contribution in [3.63, 3.8) is 0 Å². The van der Waals surface area contributed by atoms with E-state index in [2.05, 4.69) is 15.0 Å². The number of pyridine rings is 1. The number of rotatable bonds is 3. The van der Waals surface area contributed by atoms with Gasteiger partial charge in [0, 0.05) is 11.2 Å². The maximum Gasteiger partial charge on any atom is 0.197 e. The zero-order chi connectivity index (χ0) is 14.1. The lowest BCUT2D eigenvalue weighted by Crippen LogP contribution is -2.02. The molecule has 0 aliphatic rings. The lowest BCUT2D eigenvalue weighted by Gasteiger charge is -2.04. The SMILES string of the molecule is Cc1c(Cl)ccnc1C[S@@](=O)c1nc2ccccc2[nH]1. The molecule has 1 aromatic carbocycles. The summed E-state index contributed by atoms with van der Waals surface area (Å²) in [6, 6.07) is 9.33. The van der Waals surface area contributed by atoms with Crippen molar-refractivity contribution in [1.82, 2.24) is 15.0 Å². The third kappa shape index (κ3) is 2.46. The summed E-state index contributed by atoms with van der Waals surface area (Å²) < 4.78 is 12.4. The number of fused-ring (bicyclic) bond motifs is 1. The van der Waals surface area contributed by atoms with Crippen molar-refractivity contribution < 1.29 is 4.21 Å². The lowest BCUT2D eigenvalue weighted by molar-refractivity contribution is 0.676. The van der Waals surface area contributed by atoms with Gasteiger partial charge in [0.25, 0.3) is 0 Å². The van der Waals surface area contributed by atoms with Crippen molar-refractivity contribution in [2.24, 2.45) is 0 Å². The van der Waals surface area contributed by atoms with E-state index >= 15 is 0 Å². The van der Waals surface area contributed by atoms with Gasteiger partial charge in [-0.15, -0.1) is 0 Å². The molecule has 0 unspecified atom stereocenters. The van der Waals surface area contributed by atoms with Crippen LogP contribution in [0.1, 0.15) is 11.3 Å². The molecular formula is C14H12ClN3OS. The fraction of sp³-hybridized carbons (Fsp3) is 0.143. The quantitative estimate of drug-likeness (QED) is 0.808. The van der Waals surface area contributed by atoms with E-state index in [-0.39, 0.29) is 0 Å². The second kappa shape index (κ2) is 5.34. The molecule has 0 saturated heterocycles. The average Bonchev–Trinajstić information content (AvgIpc) is 2.88. The molecule has 0 aliphatic carbocycles. The number of halogens is 1. The predicted molar refractivity (Wildman–Crippen MR) is 80.2 cm³/mol. The third-order valence-electron chi connectivity index (χ3n) is 3.09. The summed E-state index contributed by atoms with van der Waals surface area (Å²) in [5.74, 6) is 0.298. The monoisotopic (exact) mass is 305 g/mol. The lowest BCUT2D eigenvalue weighted by atomic mass is 10.2. The van der Waals surface area contributed by atoms with Crippen LogP contribution in [0.3, 0.4) is 0 Å². The molecule has 1 N–H and O–H groups in total. The largest absolute Gasteiger partial charge is 0.331 e. The van der Waals surface area contributed by atoms with E-state index in [1.54, 1.807) is 12.3 Å². The summed E-state index contributed by atoms with van der Waals surface area (Å²) in [7, 11) is -1.27. The first-order valence-electron chi connectivity index (χ1n) is 6.08. The summed E-state index contributed by atoms with van der Waals surface area (Å²) >= 11 is 6.05. The van der Waals surface area contributed by atoms with Gasteiger partial charge in [-0.3, -0.25) is 9.19 Å². The first-order chi connectivity index (χ1) is 9.65. The molecule has 0 amide bonds. The molecule has 0 radical (unpaired) electrons. The van der Waals surface area contributed by atoms with Crippen LogP contribution in [0.2, 0.25) is 5.02 Å². The van der Waals surface area contributed by atoms with Gasteiger partial charge in [0.15, 0.2) is 5.16 Å². The third-order valence-corrected chi connectivity index (χ3v) is 4.66. The second-order valence-electron chi connectivity index (χ2n) is 4.41. The van der Waals surface area contributed by atoms with Crippen LogP contribution in [0.15, 0.2) is 41.7 Å². The highest BCUT2D eigenvalue weighted by Crippen LogP contribution is 2.20. The molecule has 0 fully saturated rings. The Kier molecular flexibility index (Phi) is 3.54. The molecule has 1 atom stereocenters. The molecule has 0 bridgehead atoms.